The lowest BCUT2D eigenvalue weighted by atomic mass is 9.71. The molecule has 1 fully saturated rings. The zero-order valence-corrected chi connectivity index (χ0v) is 11.9. The van der Waals surface area contributed by atoms with Gasteiger partial charge in [0, 0.05) is 12.5 Å². The van der Waals surface area contributed by atoms with E-state index in [9.17, 15) is 0 Å². The number of hydrogen-bond donors (Lipinski definition) is 1. The summed E-state index contributed by atoms with van der Waals surface area (Å²) >= 11 is 0. The van der Waals surface area contributed by atoms with Crippen molar-refractivity contribution in [3.8, 4) is 12.3 Å². The van der Waals surface area contributed by atoms with Gasteiger partial charge in [-0.25, -0.2) is 0 Å². The summed E-state index contributed by atoms with van der Waals surface area (Å²) in [7, 11) is 0. The van der Waals surface area contributed by atoms with Gasteiger partial charge in [0.25, 0.3) is 0 Å². The SMILES string of the molecule is C#CCCC(NCC)C1(CC(C)C)CCCC1. The van der Waals surface area contributed by atoms with E-state index in [1.54, 1.807) is 0 Å². The summed E-state index contributed by atoms with van der Waals surface area (Å²) in [4.78, 5) is 0. The predicted molar refractivity (Wildman–Crippen MR) is 75.9 cm³/mol. The molecule has 0 heterocycles. The summed E-state index contributed by atoms with van der Waals surface area (Å²) in [6.45, 7) is 7.98. The number of nitrogens with one attached hydrogen (secondary N) is 1. The molecule has 0 aliphatic heterocycles. The van der Waals surface area contributed by atoms with E-state index in [1.807, 2.05) is 0 Å². The van der Waals surface area contributed by atoms with Gasteiger partial charge in [-0.1, -0.05) is 33.6 Å². The van der Waals surface area contributed by atoms with Gasteiger partial charge in [0.1, 0.15) is 0 Å². The van der Waals surface area contributed by atoms with Crippen LogP contribution in [0.4, 0.5) is 0 Å². The van der Waals surface area contributed by atoms with Crippen molar-refractivity contribution in [3.05, 3.63) is 0 Å². The third kappa shape index (κ3) is 4.03. The lowest BCUT2D eigenvalue weighted by molar-refractivity contribution is 0.150. The first-order valence-corrected chi connectivity index (χ1v) is 7.31. The van der Waals surface area contributed by atoms with Crippen molar-refractivity contribution >= 4 is 0 Å². The Bertz CT molecular complexity index is 243. The summed E-state index contributed by atoms with van der Waals surface area (Å²) in [6.07, 6.45) is 14.5. The molecule has 0 aromatic carbocycles. The highest BCUT2D eigenvalue weighted by atomic mass is 14.9. The molecule has 1 N–H and O–H groups in total. The van der Waals surface area contributed by atoms with Crippen molar-refractivity contribution < 1.29 is 0 Å². The first kappa shape index (κ1) is 14.6. The smallest absolute Gasteiger partial charge is 0.0133 e. The minimum atomic E-state index is 0.529. The van der Waals surface area contributed by atoms with Crippen LogP contribution in [0.3, 0.4) is 0 Å². The third-order valence-electron chi connectivity index (χ3n) is 4.18. The molecule has 1 saturated carbocycles. The fourth-order valence-electron chi connectivity index (χ4n) is 3.69. The second-order valence-corrected chi connectivity index (χ2v) is 6.02. The second-order valence-electron chi connectivity index (χ2n) is 6.02. The summed E-state index contributed by atoms with van der Waals surface area (Å²) < 4.78 is 0. The molecule has 98 valence electrons. The molecule has 1 atom stereocenters. The van der Waals surface area contributed by atoms with Crippen LogP contribution in [0.1, 0.15) is 65.7 Å². The van der Waals surface area contributed by atoms with Crippen molar-refractivity contribution in [3.63, 3.8) is 0 Å². The van der Waals surface area contributed by atoms with E-state index in [2.05, 4.69) is 32.0 Å². The molecular weight excluding hydrogens is 206 g/mol. The zero-order chi connectivity index (χ0) is 12.7. The molecule has 0 bridgehead atoms. The normalized spacial score (nSPS) is 20.4. The van der Waals surface area contributed by atoms with Gasteiger partial charge in [-0.2, -0.15) is 0 Å². The average Bonchev–Trinajstić information content (AvgIpc) is 2.72. The number of rotatable bonds is 7. The van der Waals surface area contributed by atoms with Crippen LogP contribution in [0.5, 0.6) is 0 Å². The number of hydrogen-bond acceptors (Lipinski definition) is 1. The van der Waals surface area contributed by atoms with Gasteiger partial charge in [0.05, 0.1) is 0 Å². The molecule has 0 amide bonds. The Labute approximate surface area is 108 Å². The molecule has 1 rings (SSSR count). The third-order valence-corrected chi connectivity index (χ3v) is 4.18. The number of terminal acetylenes is 1. The molecule has 1 heteroatoms. The molecule has 0 aromatic rings. The quantitative estimate of drug-likeness (QED) is 0.658. The minimum absolute atomic E-state index is 0.529. The lowest BCUT2D eigenvalue weighted by Crippen LogP contribution is -2.44. The summed E-state index contributed by atoms with van der Waals surface area (Å²) in [6, 6.07) is 0.633. The van der Waals surface area contributed by atoms with Gasteiger partial charge in [-0.3, -0.25) is 0 Å². The van der Waals surface area contributed by atoms with Crippen molar-refractivity contribution in [2.24, 2.45) is 11.3 Å². The molecule has 17 heavy (non-hydrogen) atoms. The molecule has 1 nitrogen and oxygen atoms in total. The monoisotopic (exact) mass is 235 g/mol. The van der Waals surface area contributed by atoms with Gasteiger partial charge in [-0.05, 0) is 43.6 Å². The highest BCUT2D eigenvalue weighted by Crippen LogP contribution is 2.47. The molecular formula is C16H29N. The fourth-order valence-corrected chi connectivity index (χ4v) is 3.69. The van der Waals surface area contributed by atoms with E-state index in [-0.39, 0.29) is 0 Å². The van der Waals surface area contributed by atoms with Crippen molar-refractivity contribution in [2.75, 3.05) is 6.54 Å². The molecule has 0 saturated heterocycles. The van der Waals surface area contributed by atoms with E-state index < -0.39 is 0 Å². The molecule has 1 aliphatic rings. The van der Waals surface area contributed by atoms with Crippen LogP contribution in [0.15, 0.2) is 0 Å². The molecule has 1 aliphatic carbocycles. The Morgan fingerprint density at radius 1 is 1.29 bits per heavy atom. The maximum absolute atomic E-state index is 5.44. The van der Waals surface area contributed by atoms with Crippen LogP contribution in [0, 0.1) is 23.7 Å². The molecule has 0 aromatic heterocycles. The maximum Gasteiger partial charge on any atom is 0.0133 e. The maximum atomic E-state index is 5.44. The van der Waals surface area contributed by atoms with Crippen LogP contribution in [-0.2, 0) is 0 Å². The van der Waals surface area contributed by atoms with Gasteiger partial charge in [-0.15, -0.1) is 12.3 Å². The van der Waals surface area contributed by atoms with Crippen LogP contribution < -0.4 is 5.32 Å². The molecule has 0 spiro atoms. The standard InChI is InChI=1S/C16H29N/c1-5-7-10-15(17-6-2)16(13-14(3)4)11-8-9-12-16/h1,14-15,17H,6-13H2,2-4H3. The van der Waals surface area contributed by atoms with Crippen LogP contribution >= 0.6 is 0 Å². The first-order valence-electron chi connectivity index (χ1n) is 7.31. The fraction of sp³-hybridized carbons (Fsp3) is 0.875. The van der Waals surface area contributed by atoms with E-state index >= 15 is 0 Å². The van der Waals surface area contributed by atoms with Gasteiger partial charge in [0.15, 0.2) is 0 Å². The van der Waals surface area contributed by atoms with Crippen LogP contribution in [-0.4, -0.2) is 12.6 Å². The van der Waals surface area contributed by atoms with Crippen LogP contribution in [0.25, 0.3) is 0 Å². The average molecular weight is 235 g/mol. The highest BCUT2D eigenvalue weighted by Gasteiger charge is 2.40. The Morgan fingerprint density at radius 2 is 1.94 bits per heavy atom. The van der Waals surface area contributed by atoms with E-state index in [0.29, 0.717) is 11.5 Å². The van der Waals surface area contributed by atoms with E-state index in [0.717, 1.165) is 25.3 Å². The summed E-state index contributed by atoms with van der Waals surface area (Å²) in [5.41, 5.74) is 0.529. The van der Waals surface area contributed by atoms with E-state index in [1.165, 1.54) is 32.1 Å². The van der Waals surface area contributed by atoms with Gasteiger partial charge in [0.2, 0.25) is 0 Å². The molecule has 0 radical (unpaired) electrons. The Kier molecular flexibility index (Phi) is 6.06. The Hall–Kier alpha value is -0.480. The summed E-state index contributed by atoms with van der Waals surface area (Å²) in [5.74, 6) is 3.60. The molecule has 1 unspecified atom stereocenters. The van der Waals surface area contributed by atoms with Gasteiger partial charge >= 0.3 is 0 Å². The minimum Gasteiger partial charge on any atom is -0.314 e. The van der Waals surface area contributed by atoms with E-state index in [4.69, 9.17) is 6.42 Å². The second kappa shape index (κ2) is 7.07. The Morgan fingerprint density at radius 3 is 2.41 bits per heavy atom. The largest absolute Gasteiger partial charge is 0.314 e. The first-order chi connectivity index (χ1) is 8.14. The van der Waals surface area contributed by atoms with Crippen molar-refractivity contribution in [1.29, 1.82) is 0 Å². The van der Waals surface area contributed by atoms with Gasteiger partial charge < -0.3 is 5.32 Å². The topological polar surface area (TPSA) is 12.0 Å². The predicted octanol–water partition coefficient (Wildman–Crippen LogP) is 3.98. The van der Waals surface area contributed by atoms with Crippen LogP contribution in [0.2, 0.25) is 0 Å². The van der Waals surface area contributed by atoms with Crippen molar-refractivity contribution in [1.82, 2.24) is 5.32 Å². The van der Waals surface area contributed by atoms with Crippen molar-refractivity contribution in [2.45, 2.75) is 71.8 Å². The Balaban J connectivity index is 2.73. The summed E-state index contributed by atoms with van der Waals surface area (Å²) in [5, 5.41) is 3.71. The highest BCUT2D eigenvalue weighted by molar-refractivity contribution is 4.97. The lowest BCUT2D eigenvalue weighted by Gasteiger charge is -2.39. The zero-order valence-electron chi connectivity index (χ0n) is 11.9.